The van der Waals surface area contributed by atoms with Gasteiger partial charge in [0, 0.05) is 25.3 Å². The summed E-state index contributed by atoms with van der Waals surface area (Å²) in [5.74, 6) is 0. The topological polar surface area (TPSA) is 61.3 Å². The Hall–Kier alpha value is -0.120. The van der Waals surface area contributed by atoms with Gasteiger partial charge in [-0.05, 0) is 38.5 Å². The number of hydrogen-bond donors (Lipinski definition) is 2. The van der Waals surface area contributed by atoms with Gasteiger partial charge in [-0.25, -0.2) is 0 Å². The Kier molecular flexibility index (Phi) is 10.3. The molecule has 2 unspecified atom stereocenters. The fourth-order valence-electron chi connectivity index (χ4n) is 1.41. The van der Waals surface area contributed by atoms with Crippen LogP contribution in [-0.4, -0.2) is 25.3 Å². The maximum absolute atomic E-state index is 5.80. The van der Waals surface area contributed by atoms with Crippen molar-refractivity contribution in [3.05, 3.63) is 0 Å². The fraction of sp³-hybridized carbons (Fsp3) is 1.00. The molecule has 0 fully saturated rings. The Morgan fingerprint density at radius 1 is 0.867 bits per heavy atom. The van der Waals surface area contributed by atoms with Gasteiger partial charge in [0.2, 0.25) is 0 Å². The van der Waals surface area contributed by atoms with Crippen molar-refractivity contribution >= 4 is 0 Å². The van der Waals surface area contributed by atoms with Crippen molar-refractivity contribution in [2.24, 2.45) is 11.5 Å². The Morgan fingerprint density at radius 2 is 1.27 bits per heavy atom. The molecule has 0 aliphatic carbocycles. The molecule has 0 aliphatic rings. The molecule has 0 aromatic heterocycles. The molecule has 3 heteroatoms. The minimum absolute atomic E-state index is 0.349. The molecule has 4 N–H and O–H groups in total. The predicted molar refractivity (Wildman–Crippen MR) is 65.8 cm³/mol. The molecule has 0 saturated heterocycles. The van der Waals surface area contributed by atoms with Crippen LogP contribution in [-0.2, 0) is 4.74 Å². The second kappa shape index (κ2) is 10.4. The lowest BCUT2D eigenvalue weighted by Gasteiger charge is -2.10. The van der Waals surface area contributed by atoms with Crippen molar-refractivity contribution in [3.63, 3.8) is 0 Å². The Labute approximate surface area is 94.5 Å². The molecule has 0 aliphatic heterocycles. The van der Waals surface area contributed by atoms with Gasteiger partial charge in [0.1, 0.15) is 0 Å². The van der Waals surface area contributed by atoms with Crippen LogP contribution < -0.4 is 11.5 Å². The molecule has 0 heterocycles. The van der Waals surface area contributed by atoms with E-state index >= 15 is 0 Å². The zero-order valence-corrected chi connectivity index (χ0v) is 10.4. The maximum Gasteiger partial charge on any atom is 0.0466 e. The summed E-state index contributed by atoms with van der Waals surface area (Å²) >= 11 is 0. The van der Waals surface area contributed by atoms with E-state index in [1.807, 2.05) is 0 Å². The predicted octanol–water partition coefficient (Wildman–Crippen LogP) is 2.04. The van der Waals surface area contributed by atoms with E-state index in [0.717, 1.165) is 51.7 Å². The monoisotopic (exact) mass is 216 g/mol. The van der Waals surface area contributed by atoms with Crippen molar-refractivity contribution in [2.45, 2.75) is 64.5 Å². The summed E-state index contributed by atoms with van der Waals surface area (Å²) in [5.41, 5.74) is 11.6. The van der Waals surface area contributed by atoms with E-state index in [0.29, 0.717) is 12.1 Å². The highest BCUT2D eigenvalue weighted by atomic mass is 16.5. The van der Waals surface area contributed by atoms with Crippen molar-refractivity contribution in [2.75, 3.05) is 13.2 Å². The summed E-state index contributed by atoms with van der Waals surface area (Å²) in [6.45, 7) is 5.93. The quantitative estimate of drug-likeness (QED) is 0.549. The van der Waals surface area contributed by atoms with Crippen molar-refractivity contribution in [1.29, 1.82) is 0 Å². The smallest absolute Gasteiger partial charge is 0.0466 e. The van der Waals surface area contributed by atoms with Crippen LogP contribution in [0.3, 0.4) is 0 Å². The van der Waals surface area contributed by atoms with Gasteiger partial charge in [0.15, 0.2) is 0 Å². The molecule has 0 aromatic carbocycles. The minimum atomic E-state index is 0.349. The van der Waals surface area contributed by atoms with Gasteiger partial charge in [-0.1, -0.05) is 13.8 Å². The van der Waals surface area contributed by atoms with E-state index in [1.165, 1.54) is 0 Å². The second-order valence-corrected chi connectivity index (χ2v) is 4.23. The highest BCUT2D eigenvalue weighted by Crippen LogP contribution is 2.01. The standard InChI is InChI=1S/C12H28N2O/c1-3-11(13)7-5-9-15-10-6-8-12(14)4-2/h11-12H,3-10,13-14H2,1-2H3. The fourth-order valence-corrected chi connectivity index (χ4v) is 1.41. The third-order valence-corrected chi connectivity index (χ3v) is 2.78. The largest absolute Gasteiger partial charge is 0.381 e. The van der Waals surface area contributed by atoms with Gasteiger partial charge in [-0.3, -0.25) is 0 Å². The van der Waals surface area contributed by atoms with Crippen molar-refractivity contribution in [1.82, 2.24) is 0 Å². The first kappa shape index (κ1) is 14.9. The highest BCUT2D eigenvalue weighted by molar-refractivity contribution is 4.58. The van der Waals surface area contributed by atoms with Gasteiger partial charge in [0.25, 0.3) is 0 Å². The lowest BCUT2D eigenvalue weighted by Crippen LogP contribution is -2.19. The molecule has 2 atom stereocenters. The zero-order chi connectivity index (χ0) is 11.5. The van der Waals surface area contributed by atoms with Gasteiger partial charge in [-0.2, -0.15) is 0 Å². The molecule has 0 rings (SSSR count). The molecule has 0 aromatic rings. The maximum atomic E-state index is 5.80. The van der Waals surface area contributed by atoms with Crippen LogP contribution >= 0.6 is 0 Å². The van der Waals surface area contributed by atoms with Crippen LogP contribution in [0.25, 0.3) is 0 Å². The summed E-state index contributed by atoms with van der Waals surface area (Å²) < 4.78 is 5.51. The van der Waals surface area contributed by atoms with Crippen LogP contribution in [0.5, 0.6) is 0 Å². The van der Waals surface area contributed by atoms with Gasteiger partial charge < -0.3 is 16.2 Å². The summed E-state index contributed by atoms with van der Waals surface area (Å²) in [6, 6.07) is 0.698. The van der Waals surface area contributed by atoms with Crippen LogP contribution in [0, 0.1) is 0 Å². The van der Waals surface area contributed by atoms with Crippen LogP contribution in [0.1, 0.15) is 52.4 Å². The molecule has 0 saturated carbocycles. The third-order valence-electron chi connectivity index (χ3n) is 2.78. The van der Waals surface area contributed by atoms with Gasteiger partial charge >= 0.3 is 0 Å². The van der Waals surface area contributed by atoms with Crippen molar-refractivity contribution < 1.29 is 4.74 Å². The molecule has 3 nitrogen and oxygen atoms in total. The van der Waals surface area contributed by atoms with E-state index in [4.69, 9.17) is 16.2 Å². The third kappa shape index (κ3) is 10.2. The number of nitrogens with two attached hydrogens (primary N) is 2. The molecule has 15 heavy (non-hydrogen) atoms. The first-order chi connectivity index (χ1) is 7.20. The van der Waals surface area contributed by atoms with E-state index in [2.05, 4.69) is 13.8 Å². The lowest BCUT2D eigenvalue weighted by atomic mass is 10.1. The van der Waals surface area contributed by atoms with Crippen molar-refractivity contribution in [3.8, 4) is 0 Å². The van der Waals surface area contributed by atoms with E-state index < -0.39 is 0 Å². The normalized spacial score (nSPS) is 15.2. The zero-order valence-electron chi connectivity index (χ0n) is 10.4. The van der Waals surface area contributed by atoms with Gasteiger partial charge in [0.05, 0.1) is 0 Å². The average Bonchev–Trinajstić information content (AvgIpc) is 2.26. The van der Waals surface area contributed by atoms with Crippen LogP contribution in [0.2, 0.25) is 0 Å². The molecular formula is C12H28N2O. The van der Waals surface area contributed by atoms with Gasteiger partial charge in [-0.15, -0.1) is 0 Å². The minimum Gasteiger partial charge on any atom is -0.381 e. The summed E-state index contributed by atoms with van der Waals surface area (Å²) in [5, 5.41) is 0. The Bertz CT molecular complexity index is 117. The van der Waals surface area contributed by atoms with Crippen LogP contribution in [0.4, 0.5) is 0 Å². The molecule has 92 valence electrons. The molecule has 0 radical (unpaired) electrons. The summed E-state index contributed by atoms with van der Waals surface area (Å²) in [4.78, 5) is 0. The molecule has 0 spiro atoms. The first-order valence-corrected chi connectivity index (χ1v) is 6.29. The Balaban J connectivity index is 3.05. The lowest BCUT2D eigenvalue weighted by molar-refractivity contribution is 0.124. The second-order valence-electron chi connectivity index (χ2n) is 4.23. The number of hydrogen-bond acceptors (Lipinski definition) is 3. The van der Waals surface area contributed by atoms with Crippen LogP contribution in [0.15, 0.2) is 0 Å². The van der Waals surface area contributed by atoms with E-state index in [-0.39, 0.29) is 0 Å². The average molecular weight is 216 g/mol. The Morgan fingerprint density at radius 3 is 1.60 bits per heavy atom. The first-order valence-electron chi connectivity index (χ1n) is 6.29. The highest BCUT2D eigenvalue weighted by Gasteiger charge is 2.00. The molecular weight excluding hydrogens is 188 g/mol. The molecule has 0 bridgehead atoms. The summed E-state index contributed by atoms with van der Waals surface area (Å²) in [7, 11) is 0. The summed E-state index contributed by atoms with van der Waals surface area (Å²) in [6.07, 6.45) is 6.43. The number of rotatable bonds is 10. The SMILES string of the molecule is CCC(N)CCCOCCCC(N)CC. The number of ether oxygens (including phenoxy) is 1. The van der Waals surface area contributed by atoms with E-state index in [1.54, 1.807) is 0 Å². The molecule has 0 amide bonds. The van der Waals surface area contributed by atoms with E-state index in [9.17, 15) is 0 Å².